The van der Waals surface area contributed by atoms with Crippen LogP contribution in [0.5, 0.6) is 0 Å². The standard InChI is InChI=1S/C25H34O6Si2/c1-25(2,3)24(30-28-22(26)18-10-14-20(15-11-18)32(4,5)6)31-29-23(27)19-12-16-21(17-13-19)33(7,8)9/h10-17H,1H2,2-9H3. The molecule has 6 nitrogen and oxygen atoms in total. The number of benzene rings is 2. The van der Waals surface area contributed by atoms with E-state index in [4.69, 9.17) is 19.6 Å². The van der Waals surface area contributed by atoms with Crippen molar-refractivity contribution in [2.75, 3.05) is 0 Å². The molecule has 33 heavy (non-hydrogen) atoms. The molecule has 2 radical (unpaired) electrons. The minimum absolute atomic E-state index is 0.262. The largest absolute Gasteiger partial charge is 0.373 e. The van der Waals surface area contributed by atoms with Gasteiger partial charge in [0.05, 0.1) is 27.3 Å². The van der Waals surface area contributed by atoms with Gasteiger partial charge in [0.15, 0.2) is 0 Å². The van der Waals surface area contributed by atoms with Crippen molar-refractivity contribution in [2.24, 2.45) is 5.41 Å². The van der Waals surface area contributed by atoms with Crippen molar-refractivity contribution in [1.82, 2.24) is 0 Å². The summed E-state index contributed by atoms with van der Waals surface area (Å²) in [6, 6.07) is 14.5. The summed E-state index contributed by atoms with van der Waals surface area (Å²) in [6.07, 6.45) is -0.262. The molecule has 0 aliphatic rings. The van der Waals surface area contributed by atoms with Crippen LogP contribution in [0, 0.1) is 18.6 Å². The van der Waals surface area contributed by atoms with Gasteiger partial charge >= 0.3 is 18.2 Å². The van der Waals surface area contributed by atoms with E-state index in [1.165, 1.54) is 10.4 Å². The van der Waals surface area contributed by atoms with Gasteiger partial charge in [-0.1, -0.05) is 87.8 Å². The maximum atomic E-state index is 12.4. The van der Waals surface area contributed by atoms with E-state index < -0.39 is 33.5 Å². The van der Waals surface area contributed by atoms with Gasteiger partial charge in [0.25, 0.3) is 0 Å². The van der Waals surface area contributed by atoms with Gasteiger partial charge in [0.1, 0.15) is 0 Å². The van der Waals surface area contributed by atoms with E-state index in [0.717, 1.165) is 0 Å². The molecule has 0 bridgehead atoms. The van der Waals surface area contributed by atoms with Gasteiger partial charge in [-0.2, -0.15) is 0 Å². The highest BCUT2D eigenvalue weighted by Gasteiger charge is 2.35. The lowest BCUT2D eigenvalue weighted by atomic mass is 9.96. The molecular formula is C25H34O6Si2. The normalized spacial score (nSPS) is 12.5. The predicted octanol–water partition coefficient (Wildman–Crippen LogP) is 5.00. The van der Waals surface area contributed by atoms with Crippen LogP contribution < -0.4 is 10.4 Å². The van der Waals surface area contributed by atoms with Crippen LogP contribution in [-0.2, 0) is 19.6 Å². The van der Waals surface area contributed by atoms with Crippen LogP contribution in [0.3, 0.4) is 0 Å². The van der Waals surface area contributed by atoms with E-state index in [-0.39, 0.29) is 6.29 Å². The molecule has 8 heteroatoms. The van der Waals surface area contributed by atoms with E-state index in [1.54, 1.807) is 38.1 Å². The molecule has 0 spiro atoms. The van der Waals surface area contributed by atoms with E-state index in [0.29, 0.717) is 11.1 Å². The monoisotopic (exact) mass is 486 g/mol. The summed E-state index contributed by atoms with van der Waals surface area (Å²) in [5, 5.41) is 2.44. The quantitative estimate of drug-likeness (QED) is 0.282. The molecular weight excluding hydrogens is 452 g/mol. The first-order chi connectivity index (χ1) is 15.1. The summed E-state index contributed by atoms with van der Waals surface area (Å²) in [5.74, 6) is -1.40. The summed E-state index contributed by atoms with van der Waals surface area (Å²) in [5.41, 5.74) is -0.306. The van der Waals surface area contributed by atoms with Gasteiger partial charge < -0.3 is 0 Å². The lowest BCUT2D eigenvalue weighted by Crippen LogP contribution is -2.37. The molecule has 0 unspecified atom stereocenters. The second kappa shape index (κ2) is 10.3. The molecule has 2 aromatic rings. The Kier molecular flexibility index (Phi) is 8.45. The zero-order valence-electron chi connectivity index (χ0n) is 20.8. The fourth-order valence-corrected chi connectivity index (χ4v) is 5.03. The van der Waals surface area contributed by atoms with E-state index >= 15 is 0 Å². The highest BCUT2D eigenvalue weighted by molar-refractivity contribution is 6.89. The first-order valence-corrected chi connectivity index (χ1v) is 17.8. The Hall–Kier alpha value is -2.27. The SMILES string of the molecule is [CH2]C(C)(C)[C](OOC(=O)c1ccc([Si](C)(C)C)cc1)OOC(=O)c1ccc([Si](C)(C)C)cc1. The number of rotatable bonds is 9. The molecule has 0 amide bonds. The molecule has 178 valence electrons. The topological polar surface area (TPSA) is 71.1 Å². The molecule has 0 atom stereocenters. The zero-order chi connectivity index (χ0) is 25.0. The third-order valence-corrected chi connectivity index (χ3v) is 9.04. The molecule has 0 heterocycles. The highest BCUT2D eigenvalue weighted by Crippen LogP contribution is 2.30. The lowest BCUT2D eigenvalue weighted by Gasteiger charge is -2.24. The summed E-state index contributed by atoms with van der Waals surface area (Å²) in [7, 11) is -2.95. The van der Waals surface area contributed by atoms with Crippen LogP contribution in [0.15, 0.2) is 48.5 Å². The summed E-state index contributed by atoms with van der Waals surface area (Å²) >= 11 is 0. The number of hydrogen-bond donors (Lipinski definition) is 0. The van der Waals surface area contributed by atoms with Gasteiger partial charge in [0, 0.05) is 5.41 Å². The Balaban J connectivity index is 1.98. The van der Waals surface area contributed by atoms with Crippen LogP contribution in [0.2, 0.25) is 39.3 Å². The maximum absolute atomic E-state index is 12.4. The molecule has 2 rings (SSSR count). The molecule has 0 N–H and O–H groups in total. The lowest BCUT2D eigenvalue weighted by molar-refractivity contribution is -0.378. The van der Waals surface area contributed by atoms with Gasteiger partial charge in [-0.15, -0.1) is 9.78 Å². The molecule has 2 aromatic carbocycles. The predicted molar refractivity (Wildman–Crippen MR) is 134 cm³/mol. The molecule has 0 saturated carbocycles. The second-order valence-electron chi connectivity index (χ2n) is 10.7. The van der Waals surface area contributed by atoms with Crippen molar-refractivity contribution in [3.05, 3.63) is 72.9 Å². The van der Waals surface area contributed by atoms with Gasteiger partial charge in [-0.3, -0.25) is 9.78 Å². The molecule has 0 aliphatic carbocycles. The second-order valence-corrected chi connectivity index (χ2v) is 20.9. The van der Waals surface area contributed by atoms with Crippen molar-refractivity contribution in [1.29, 1.82) is 0 Å². The highest BCUT2D eigenvalue weighted by atomic mass is 28.3. The maximum Gasteiger partial charge on any atom is 0.373 e. The Labute approximate surface area is 199 Å². The molecule has 0 fully saturated rings. The summed E-state index contributed by atoms with van der Waals surface area (Å²) < 4.78 is 0. The fraction of sp³-hybridized carbons (Fsp3) is 0.360. The van der Waals surface area contributed by atoms with Gasteiger partial charge in [-0.25, -0.2) is 9.59 Å². The van der Waals surface area contributed by atoms with Crippen molar-refractivity contribution >= 4 is 38.5 Å². The smallest absolute Gasteiger partial charge is 0.289 e. The Morgan fingerprint density at radius 2 is 0.939 bits per heavy atom. The molecule has 0 saturated heterocycles. The summed E-state index contributed by atoms with van der Waals surface area (Å²) in [6.45, 7) is 20.5. The van der Waals surface area contributed by atoms with Crippen LogP contribution in [0.1, 0.15) is 34.6 Å². The van der Waals surface area contributed by atoms with Crippen molar-refractivity contribution < 1.29 is 29.1 Å². The van der Waals surface area contributed by atoms with E-state index in [2.05, 4.69) is 46.2 Å². The number of hydrogen-bond acceptors (Lipinski definition) is 6. The van der Waals surface area contributed by atoms with Crippen LogP contribution in [0.4, 0.5) is 0 Å². The average Bonchev–Trinajstić information content (AvgIpc) is 2.71. The van der Waals surface area contributed by atoms with Crippen LogP contribution >= 0.6 is 0 Å². The summed E-state index contributed by atoms with van der Waals surface area (Å²) in [4.78, 5) is 44.8. The third kappa shape index (κ3) is 7.92. The van der Waals surface area contributed by atoms with Crippen molar-refractivity contribution in [3.63, 3.8) is 0 Å². The minimum atomic E-state index is -1.48. The van der Waals surface area contributed by atoms with E-state index in [1.807, 2.05) is 24.3 Å². The van der Waals surface area contributed by atoms with Crippen molar-refractivity contribution in [2.45, 2.75) is 53.1 Å². The zero-order valence-corrected chi connectivity index (χ0v) is 22.8. The van der Waals surface area contributed by atoms with Crippen LogP contribution in [-0.4, -0.2) is 28.1 Å². The Morgan fingerprint density at radius 1 is 0.636 bits per heavy atom. The molecule has 0 aromatic heterocycles. The number of carbonyl (C=O) groups is 2. The minimum Gasteiger partial charge on any atom is -0.289 e. The third-order valence-electron chi connectivity index (χ3n) is 4.91. The Bertz CT molecular complexity index is 875. The first kappa shape index (κ1) is 27.0. The number of carbonyl (C=O) groups excluding carboxylic acids is 2. The van der Waals surface area contributed by atoms with Gasteiger partial charge in [-0.05, 0) is 31.2 Å². The fourth-order valence-electron chi connectivity index (χ4n) is 2.70. The first-order valence-electron chi connectivity index (χ1n) is 10.8. The van der Waals surface area contributed by atoms with Gasteiger partial charge in [0.2, 0.25) is 0 Å². The van der Waals surface area contributed by atoms with E-state index in [9.17, 15) is 9.59 Å². The average molecular weight is 487 g/mol. The Morgan fingerprint density at radius 3 is 1.18 bits per heavy atom. The van der Waals surface area contributed by atoms with Crippen molar-refractivity contribution in [3.8, 4) is 0 Å². The van der Waals surface area contributed by atoms with Crippen LogP contribution in [0.25, 0.3) is 0 Å². The molecule has 0 aliphatic heterocycles.